The van der Waals surface area contributed by atoms with Gasteiger partial charge >= 0.3 is 0 Å². The Labute approximate surface area is 117 Å². The van der Waals surface area contributed by atoms with E-state index in [0.29, 0.717) is 11.5 Å². The van der Waals surface area contributed by atoms with Crippen molar-refractivity contribution >= 4 is 5.69 Å². The van der Waals surface area contributed by atoms with Crippen LogP contribution in [0, 0.1) is 5.41 Å². The summed E-state index contributed by atoms with van der Waals surface area (Å²) >= 11 is 0. The number of nitrogens with one attached hydrogen (secondary N) is 1. The van der Waals surface area contributed by atoms with Crippen molar-refractivity contribution < 1.29 is 0 Å². The first-order valence-electron chi connectivity index (χ1n) is 7.81. The number of rotatable bonds is 4. The minimum absolute atomic E-state index is 0.446. The van der Waals surface area contributed by atoms with Crippen molar-refractivity contribution in [3.05, 3.63) is 29.8 Å². The Hall–Kier alpha value is -1.02. The van der Waals surface area contributed by atoms with Crippen LogP contribution >= 0.6 is 0 Å². The zero-order chi connectivity index (χ0) is 13.3. The molecule has 1 N–H and O–H groups in total. The van der Waals surface area contributed by atoms with Crippen molar-refractivity contribution in [3.63, 3.8) is 0 Å². The first-order valence-corrected chi connectivity index (χ1v) is 7.81. The topological polar surface area (TPSA) is 15.3 Å². The zero-order valence-corrected chi connectivity index (χ0v) is 12.3. The van der Waals surface area contributed by atoms with Crippen LogP contribution in [0.25, 0.3) is 0 Å². The van der Waals surface area contributed by atoms with Gasteiger partial charge in [-0.2, -0.15) is 0 Å². The lowest BCUT2D eigenvalue weighted by Gasteiger charge is -2.50. The molecule has 2 heteroatoms. The summed E-state index contributed by atoms with van der Waals surface area (Å²) in [4.78, 5) is 2.59. The fourth-order valence-electron chi connectivity index (χ4n) is 3.93. The largest absolute Gasteiger partial charge is 0.370 e. The standard InChI is InChI=1S/C17H26N2/c1-3-18-14(2)15-8-4-5-9-16(15)19-12-17(13-19)10-6-7-11-17/h4-5,8-9,14,18H,3,6-7,10-13H2,1-2H3. The first-order chi connectivity index (χ1) is 9.24. The average Bonchev–Trinajstić information content (AvgIpc) is 2.87. The molecule has 0 radical (unpaired) electrons. The van der Waals surface area contributed by atoms with E-state index in [-0.39, 0.29) is 0 Å². The highest BCUT2D eigenvalue weighted by Gasteiger charge is 2.45. The SMILES string of the molecule is CCNC(C)c1ccccc1N1CC2(CCCC2)C1. The molecule has 2 fully saturated rings. The van der Waals surface area contributed by atoms with Gasteiger partial charge in [-0.25, -0.2) is 0 Å². The maximum atomic E-state index is 3.54. The molecule has 1 aromatic carbocycles. The summed E-state index contributed by atoms with van der Waals surface area (Å²) < 4.78 is 0. The third-order valence-electron chi connectivity index (χ3n) is 4.97. The molecule has 19 heavy (non-hydrogen) atoms. The third-order valence-corrected chi connectivity index (χ3v) is 4.97. The molecule has 0 aromatic heterocycles. The van der Waals surface area contributed by atoms with Crippen molar-refractivity contribution in [2.45, 2.75) is 45.6 Å². The smallest absolute Gasteiger partial charge is 0.0415 e. The van der Waals surface area contributed by atoms with Gasteiger partial charge in [-0.05, 0) is 37.9 Å². The Kier molecular flexibility index (Phi) is 3.53. The van der Waals surface area contributed by atoms with Crippen molar-refractivity contribution in [3.8, 4) is 0 Å². The summed E-state index contributed by atoms with van der Waals surface area (Å²) in [5, 5.41) is 3.54. The summed E-state index contributed by atoms with van der Waals surface area (Å²) in [5.74, 6) is 0. The summed E-state index contributed by atoms with van der Waals surface area (Å²) in [6, 6.07) is 9.36. The zero-order valence-electron chi connectivity index (χ0n) is 12.3. The van der Waals surface area contributed by atoms with Gasteiger partial charge < -0.3 is 10.2 Å². The molecule has 1 atom stereocenters. The second kappa shape index (κ2) is 5.16. The molecule has 0 bridgehead atoms. The van der Waals surface area contributed by atoms with E-state index in [1.54, 1.807) is 0 Å². The van der Waals surface area contributed by atoms with Gasteiger partial charge in [-0.15, -0.1) is 0 Å². The van der Waals surface area contributed by atoms with Gasteiger partial charge in [0.1, 0.15) is 0 Å². The second-order valence-electron chi connectivity index (χ2n) is 6.40. The molecule has 1 saturated heterocycles. The molecular weight excluding hydrogens is 232 g/mol. The Morgan fingerprint density at radius 3 is 2.58 bits per heavy atom. The quantitative estimate of drug-likeness (QED) is 0.885. The summed E-state index contributed by atoms with van der Waals surface area (Å²) in [6.45, 7) is 8.04. The Morgan fingerprint density at radius 2 is 1.89 bits per heavy atom. The van der Waals surface area contributed by atoms with E-state index in [9.17, 15) is 0 Å². The monoisotopic (exact) mass is 258 g/mol. The van der Waals surface area contributed by atoms with E-state index in [0.717, 1.165) is 6.54 Å². The molecular formula is C17H26N2. The van der Waals surface area contributed by atoms with Gasteiger partial charge in [0.05, 0.1) is 0 Å². The van der Waals surface area contributed by atoms with Crippen molar-refractivity contribution in [2.24, 2.45) is 5.41 Å². The Bertz CT molecular complexity index is 427. The molecule has 1 aromatic rings. The highest BCUT2D eigenvalue weighted by atomic mass is 15.2. The highest BCUT2D eigenvalue weighted by Crippen LogP contribution is 2.47. The lowest BCUT2D eigenvalue weighted by atomic mass is 9.77. The number of nitrogens with zero attached hydrogens (tertiary/aromatic N) is 1. The lowest BCUT2D eigenvalue weighted by Crippen LogP contribution is -2.55. The van der Waals surface area contributed by atoms with Crippen LogP contribution in [0.5, 0.6) is 0 Å². The van der Waals surface area contributed by atoms with Crippen LogP contribution in [0.3, 0.4) is 0 Å². The molecule has 1 saturated carbocycles. The summed E-state index contributed by atoms with van der Waals surface area (Å²) in [5.41, 5.74) is 3.58. The molecule has 104 valence electrons. The average molecular weight is 258 g/mol. The number of anilines is 1. The minimum atomic E-state index is 0.446. The molecule has 2 aliphatic rings. The van der Waals surface area contributed by atoms with E-state index in [2.05, 4.69) is 48.3 Å². The van der Waals surface area contributed by atoms with Crippen molar-refractivity contribution in [2.75, 3.05) is 24.5 Å². The van der Waals surface area contributed by atoms with Crippen LogP contribution in [-0.4, -0.2) is 19.6 Å². The molecule has 1 aliphatic heterocycles. The molecule has 1 spiro atoms. The number of hydrogen-bond donors (Lipinski definition) is 1. The van der Waals surface area contributed by atoms with Gasteiger partial charge in [0.15, 0.2) is 0 Å². The fourth-order valence-corrected chi connectivity index (χ4v) is 3.93. The van der Waals surface area contributed by atoms with Crippen LogP contribution in [0.4, 0.5) is 5.69 Å². The van der Waals surface area contributed by atoms with E-state index < -0.39 is 0 Å². The predicted molar refractivity (Wildman–Crippen MR) is 81.6 cm³/mol. The first kappa shape index (κ1) is 13.0. The summed E-state index contributed by atoms with van der Waals surface area (Å²) in [6.07, 6.45) is 5.80. The van der Waals surface area contributed by atoms with E-state index in [4.69, 9.17) is 0 Å². The van der Waals surface area contributed by atoms with Gasteiger partial charge in [0, 0.05) is 30.2 Å². The van der Waals surface area contributed by atoms with Gasteiger partial charge in [0.2, 0.25) is 0 Å². The van der Waals surface area contributed by atoms with E-state index in [1.165, 1.54) is 50.0 Å². The van der Waals surface area contributed by atoms with Gasteiger partial charge in [0.25, 0.3) is 0 Å². The van der Waals surface area contributed by atoms with Crippen LogP contribution in [0.1, 0.15) is 51.1 Å². The van der Waals surface area contributed by atoms with E-state index in [1.807, 2.05) is 0 Å². The van der Waals surface area contributed by atoms with Gasteiger partial charge in [-0.1, -0.05) is 38.0 Å². The maximum Gasteiger partial charge on any atom is 0.0415 e. The predicted octanol–water partition coefficient (Wildman–Crippen LogP) is 3.74. The molecule has 1 aliphatic carbocycles. The van der Waals surface area contributed by atoms with E-state index >= 15 is 0 Å². The Balaban J connectivity index is 1.75. The maximum absolute atomic E-state index is 3.54. The molecule has 0 amide bonds. The minimum Gasteiger partial charge on any atom is -0.370 e. The molecule has 2 nitrogen and oxygen atoms in total. The lowest BCUT2D eigenvalue weighted by molar-refractivity contribution is 0.221. The van der Waals surface area contributed by atoms with Crippen LogP contribution in [0.15, 0.2) is 24.3 Å². The third kappa shape index (κ3) is 2.38. The normalized spacial score (nSPS) is 22.5. The second-order valence-corrected chi connectivity index (χ2v) is 6.40. The number of hydrogen-bond acceptors (Lipinski definition) is 2. The van der Waals surface area contributed by atoms with Crippen LogP contribution < -0.4 is 10.2 Å². The summed E-state index contributed by atoms with van der Waals surface area (Å²) in [7, 11) is 0. The van der Waals surface area contributed by atoms with Crippen molar-refractivity contribution in [1.29, 1.82) is 0 Å². The Morgan fingerprint density at radius 1 is 1.21 bits per heavy atom. The van der Waals surface area contributed by atoms with Gasteiger partial charge in [-0.3, -0.25) is 0 Å². The molecule has 3 rings (SSSR count). The number of para-hydroxylation sites is 1. The number of benzene rings is 1. The van der Waals surface area contributed by atoms with Crippen molar-refractivity contribution in [1.82, 2.24) is 5.32 Å². The molecule has 1 unspecified atom stereocenters. The molecule has 1 heterocycles. The highest BCUT2D eigenvalue weighted by molar-refractivity contribution is 5.57. The fraction of sp³-hybridized carbons (Fsp3) is 0.647. The van der Waals surface area contributed by atoms with Crippen LogP contribution in [0.2, 0.25) is 0 Å². The van der Waals surface area contributed by atoms with Crippen LogP contribution in [-0.2, 0) is 0 Å².